The number of hydrogen-bond donors (Lipinski definition) is 0. The van der Waals surface area contributed by atoms with Gasteiger partial charge in [-0.2, -0.15) is 0 Å². The second-order valence-corrected chi connectivity index (χ2v) is 13.4. The molecule has 1 heteroatoms. The fraction of sp³-hybridized carbons (Fsp3) is 0.926. The summed E-state index contributed by atoms with van der Waals surface area (Å²) in [5.41, 5.74) is 2.98. The van der Waals surface area contributed by atoms with Crippen LogP contribution in [-0.2, 0) is 0 Å². The van der Waals surface area contributed by atoms with Crippen molar-refractivity contribution < 1.29 is 0 Å². The van der Waals surface area contributed by atoms with Gasteiger partial charge in [0.25, 0.3) is 0 Å². The van der Waals surface area contributed by atoms with Crippen LogP contribution in [0.1, 0.15) is 105 Å². The highest BCUT2D eigenvalue weighted by atomic mass is 79.9. The van der Waals surface area contributed by atoms with Crippen LogP contribution in [0.5, 0.6) is 0 Å². The van der Waals surface area contributed by atoms with E-state index in [1.165, 1.54) is 70.6 Å². The fourth-order valence-electron chi connectivity index (χ4n) is 8.64. The molecule has 4 rings (SSSR count). The molecule has 0 nitrogen and oxygen atoms in total. The molecule has 0 saturated heterocycles. The van der Waals surface area contributed by atoms with Crippen molar-refractivity contribution in [2.24, 2.45) is 46.3 Å². The Morgan fingerprint density at radius 3 is 2.54 bits per heavy atom. The summed E-state index contributed by atoms with van der Waals surface area (Å²) in [6, 6.07) is 0. The van der Waals surface area contributed by atoms with Gasteiger partial charge in [-0.05, 0) is 97.7 Å². The summed E-state index contributed by atoms with van der Waals surface area (Å²) in [5, 5.41) is 0. The molecule has 0 aromatic heterocycles. The normalized spacial score (nSPS) is 46.5. The molecule has 160 valence electrons. The van der Waals surface area contributed by atoms with Gasteiger partial charge in [0.15, 0.2) is 0 Å². The highest BCUT2D eigenvalue weighted by molar-refractivity contribution is 9.09. The van der Waals surface area contributed by atoms with Gasteiger partial charge in [-0.1, -0.05) is 81.5 Å². The third kappa shape index (κ3) is 3.58. The topological polar surface area (TPSA) is 0 Å². The van der Waals surface area contributed by atoms with E-state index in [0.717, 1.165) is 40.3 Å². The lowest BCUT2D eigenvalue weighted by molar-refractivity contribution is -0.0496. The summed E-state index contributed by atoms with van der Waals surface area (Å²) in [6.07, 6.45) is 18.6. The van der Waals surface area contributed by atoms with Crippen LogP contribution in [0.25, 0.3) is 0 Å². The molecular formula is C27H45Br. The van der Waals surface area contributed by atoms with Crippen molar-refractivity contribution in [1.29, 1.82) is 0 Å². The molecule has 3 fully saturated rings. The van der Waals surface area contributed by atoms with Crippen LogP contribution in [0.2, 0.25) is 0 Å². The molecule has 3 saturated carbocycles. The first-order valence-electron chi connectivity index (χ1n) is 12.6. The Morgan fingerprint density at radius 2 is 1.79 bits per heavy atom. The molecule has 0 N–H and O–H groups in total. The van der Waals surface area contributed by atoms with Gasteiger partial charge >= 0.3 is 0 Å². The molecule has 0 aromatic carbocycles. The second-order valence-electron chi connectivity index (χ2n) is 12.1. The summed E-state index contributed by atoms with van der Waals surface area (Å²) in [7, 11) is 0. The van der Waals surface area contributed by atoms with E-state index in [0.29, 0.717) is 10.8 Å². The van der Waals surface area contributed by atoms with Crippen LogP contribution in [0.3, 0.4) is 0 Å². The zero-order valence-electron chi connectivity index (χ0n) is 19.3. The van der Waals surface area contributed by atoms with Crippen LogP contribution in [0.15, 0.2) is 11.6 Å². The van der Waals surface area contributed by atoms with E-state index in [2.05, 4.69) is 56.6 Å². The zero-order chi connectivity index (χ0) is 20.1. The lowest BCUT2D eigenvalue weighted by atomic mass is 9.47. The number of fused-ring (bicyclic) bond motifs is 5. The van der Waals surface area contributed by atoms with Gasteiger partial charge in [0.2, 0.25) is 0 Å². The summed E-state index contributed by atoms with van der Waals surface area (Å²) in [4.78, 5) is 0.736. The van der Waals surface area contributed by atoms with Crippen LogP contribution in [-0.4, -0.2) is 4.83 Å². The van der Waals surface area contributed by atoms with E-state index in [1.807, 2.05) is 5.57 Å². The van der Waals surface area contributed by atoms with Gasteiger partial charge in [-0.25, -0.2) is 0 Å². The number of hydrogen-bond acceptors (Lipinski definition) is 0. The van der Waals surface area contributed by atoms with Crippen LogP contribution in [0.4, 0.5) is 0 Å². The first-order valence-corrected chi connectivity index (χ1v) is 13.5. The maximum atomic E-state index is 3.93. The van der Waals surface area contributed by atoms with Crippen molar-refractivity contribution in [1.82, 2.24) is 0 Å². The average Bonchev–Trinajstić information content (AvgIpc) is 2.99. The molecule has 0 radical (unpaired) electrons. The smallest absolute Gasteiger partial charge is 0.0183 e. The molecule has 0 spiro atoms. The van der Waals surface area contributed by atoms with Gasteiger partial charge < -0.3 is 0 Å². The molecule has 0 heterocycles. The quantitative estimate of drug-likeness (QED) is 0.291. The fourth-order valence-corrected chi connectivity index (χ4v) is 9.22. The second kappa shape index (κ2) is 8.05. The summed E-state index contributed by atoms with van der Waals surface area (Å²) in [5.74, 6) is 5.74. The van der Waals surface area contributed by atoms with Crippen LogP contribution < -0.4 is 0 Å². The van der Waals surface area contributed by atoms with Crippen molar-refractivity contribution in [3.8, 4) is 0 Å². The van der Waals surface area contributed by atoms with Crippen LogP contribution in [0, 0.1) is 46.3 Å². The molecule has 0 amide bonds. The van der Waals surface area contributed by atoms with Gasteiger partial charge in [0.1, 0.15) is 0 Å². The van der Waals surface area contributed by atoms with Crippen molar-refractivity contribution in [2.45, 2.75) is 110 Å². The minimum absolute atomic E-state index is 0.523. The maximum Gasteiger partial charge on any atom is 0.0183 e. The molecule has 0 aliphatic heterocycles. The van der Waals surface area contributed by atoms with Gasteiger partial charge in [0.05, 0.1) is 0 Å². The summed E-state index contributed by atoms with van der Waals surface area (Å²) < 4.78 is 0. The molecule has 28 heavy (non-hydrogen) atoms. The molecular weight excluding hydrogens is 404 g/mol. The van der Waals surface area contributed by atoms with E-state index in [1.54, 1.807) is 0 Å². The first kappa shape index (κ1) is 21.5. The third-order valence-corrected chi connectivity index (χ3v) is 11.0. The van der Waals surface area contributed by atoms with Gasteiger partial charge in [0, 0.05) is 4.83 Å². The Bertz CT molecular complexity index is 591. The van der Waals surface area contributed by atoms with Crippen molar-refractivity contribution in [3.05, 3.63) is 11.6 Å². The largest absolute Gasteiger partial charge is 0.0887 e. The highest BCUT2D eigenvalue weighted by Gasteiger charge is 2.58. The predicted octanol–water partition coefficient (Wildman–Crippen LogP) is 8.79. The maximum absolute atomic E-state index is 3.93. The average molecular weight is 450 g/mol. The van der Waals surface area contributed by atoms with E-state index >= 15 is 0 Å². The van der Waals surface area contributed by atoms with Gasteiger partial charge in [-0.15, -0.1) is 0 Å². The lowest BCUT2D eigenvalue weighted by Crippen LogP contribution is -2.50. The zero-order valence-corrected chi connectivity index (χ0v) is 20.9. The van der Waals surface area contributed by atoms with E-state index in [4.69, 9.17) is 0 Å². The Morgan fingerprint density at radius 1 is 1.00 bits per heavy atom. The Kier molecular flexibility index (Phi) is 6.17. The molecule has 0 bridgehead atoms. The summed E-state index contributed by atoms with van der Waals surface area (Å²) >= 11 is 3.93. The SMILES string of the molecule is CC(C)CCC[C@@H](C)[C@H]1CC[C@H]2C3CC=C4CC(Br)CC[C@]4(C)C3CC[C@]12C. The molecule has 8 atom stereocenters. The molecule has 3 unspecified atom stereocenters. The van der Waals surface area contributed by atoms with E-state index in [9.17, 15) is 0 Å². The standard InChI is InChI=1S/C27H45Br/c1-18(2)7-6-8-19(3)23-11-12-24-22-10-9-20-17-21(28)13-15-26(20,4)25(22)14-16-27(23,24)5/h9,18-19,21-25H,6-8,10-17H2,1-5H3/t19-,21?,22?,23-,24+,25?,26+,27-/m1/s1. The van der Waals surface area contributed by atoms with Crippen molar-refractivity contribution in [2.75, 3.05) is 0 Å². The molecule has 0 aromatic rings. The van der Waals surface area contributed by atoms with Crippen molar-refractivity contribution >= 4 is 15.9 Å². The summed E-state index contributed by atoms with van der Waals surface area (Å²) in [6.45, 7) is 12.7. The molecule has 4 aliphatic rings. The number of halogens is 1. The number of alkyl halides is 1. The number of allylic oxidation sites excluding steroid dienone is 2. The van der Waals surface area contributed by atoms with E-state index < -0.39 is 0 Å². The van der Waals surface area contributed by atoms with Gasteiger partial charge in [-0.3, -0.25) is 0 Å². The highest BCUT2D eigenvalue weighted by Crippen LogP contribution is 2.67. The minimum atomic E-state index is 0.523. The molecule has 4 aliphatic carbocycles. The Hall–Kier alpha value is 0.220. The van der Waals surface area contributed by atoms with Crippen LogP contribution >= 0.6 is 15.9 Å². The third-order valence-electron chi connectivity index (χ3n) is 10.2. The predicted molar refractivity (Wildman–Crippen MR) is 126 cm³/mol. The Labute approximate surface area is 183 Å². The number of rotatable bonds is 5. The monoisotopic (exact) mass is 448 g/mol. The van der Waals surface area contributed by atoms with E-state index in [-0.39, 0.29) is 0 Å². The Balaban J connectivity index is 1.49. The van der Waals surface area contributed by atoms with Crippen molar-refractivity contribution in [3.63, 3.8) is 0 Å². The lowest BCUT2D eigenvalue weighted by Gasteiger charge is -2.58. The first-order chi connectivity index (χ1) is 13.3. The minimum Gasteiger partial charge on any atom is -0.0887 e.